The maximum Gasteiger partial charge on any atom is 0.261 e. The molecule has 1 heterocycles. The molecule has 5 nitrogen and oxygen atoms in total. The molecule has 0 saturated carbocycles. The molecule has 6 heteroatoms. The number of benzene rings is 2. The molecule has 1 atom stereocenters. The first kappa shape index (κ1) is 14.9. The Morgan fingerprint density at radius 1 is 1.22 bits per heavy atom. The summed E-state index contributed by atoms with van der Waals surface area (Å²) >= 11 is 0. The second kappa shape index (κ2) is 6.00. The lowest BCUT2D eigenvalue weighted by atomic mass is 10.2. The van der Waals surface area contributed by atoms with Gasteiger partial charge in [0.1, 0.15) is 11.9 Å². The van der Waals surface area contributed by atoms with Gasteiger partial charge in [-0.05, 0) is 37.3 Å². The van der Waals surface area contributed by atoms with E-state index in [1.165, 1.54) is 29.1 Å². The van der Waals surface area contributed by atoms with Crippen LogP contribution in [0.1, 0.15) is 13.0 Å². The Hall–Kier alpha value is -3.02. The lowest BCUT2D eigenvalue weighted by Crippen LogP contribution is -2.31. The van der Waals surface area contributed by atoms with Gasteiger partial charge in [0, 0.05) is 5.69 Å². The number of aromatic nitrogens is 2. The Morgan fingerprint density at radius 2 is 2.00 bits per heavy atom. The molecule has 116 valence electrons. The minimum atomic E-state index is -0.775. The Balaban J connectivity index is 1.90. The number of rotatable bonds is 3. The van der Waals surface area contributed by atoms with Gasteiger partial charge in [0.15, 0.2) is 0 Å². The minimum Gasteiger partial charge on any atom is -0.324 e. The quantitative estimate of drug-likeness (QED) is 0.809. The van der Waals surface area contributed by atoms with Crippen LogP contribution >= 0.6 is 0 Å². The number of nitrogens with zero attached hydrogens (tertiary/aromatic N) is 2. The molecule has 0 spiro atoms. The molecule has 0 aliphatic rings. The van der Waals surface area contributed by atoms with E-state index in [0.717, 1.165) is 0 Å². The minimum absolute atomic E-state index is 0.294. The zero-order chi connectivity index (χ0) is 16.4. The second-order valence-electron chi connectivity index (χ2n) is 5.15. The van der Waals surface area contributed by atoms with Crippen LogP contribution in [0, 0.1) is 5.82 Å². The number of carbonyl (C=O) groups is 1. The molecule has 0 saturated heterocycles. The molecule has 3 aromatic rings. The molecule has 2 aromatic carbocycles. The van der Waals surface area contributed by atoms with Crippen molar-refractivity contribution in [2.45, 2.75) is 13.0 Å². The molecule has 0 unspecified atom stereocenters. The number of hydrogen-bond donors (Lipinski definition) is 1. The number of fused-ring (bicyclic) bond motifs is 1. The van der Waals surface area contributed by atoms with Gasteiger partial charge < -0.3 is 5.32 Å². The molecule has 23 heavy (non-hydrogen) atoms. The maximum atomic E-state index is 13.2. The predicted octanol–water partition coefficient (Wildman–Crippen LogP) is 2.74. The first-order chi connectivity index (χ1) is 11.1. The Labute approximate surface area is 131 Å². The number of hydrogen-bond acceptors (Lipinski definition) is 3. The highest BCUT2D eigenvalue weighted by atomic mass is 19.1. The molecular weight excluding hydrogens is 297 g/mol. The van der Waals surface area contributed by atoms with E-state index in [1.54, 1.807) is 37.3 Å². The number of halogens is 1. The average molecular weight is 311 g/mol. The van der Waals surface area contributed by atoms with Crippen LogP contribution in [-0.2, 0) is 4.79 Å². The van der Waals surface area contributed by atoms with E-state index in [-0.39, 0.29) is 5.56 Å². The van der Waals surface area contributed by atoms with Crippen molar-refractivity contribution in [3.8, 4) is 0 Å². The summed E-state index contributed by atoms with van der Waals surface area (Å²) in [5.74, 6) is -0.866. The Bertz CT molecular complexity index is 936. The van der Waals surface area contributed by atoms with Crippen molar-refractivity contribution in [3.05, 3.63) is 71.0 Å². The zero-order valence-electron chi connectivity index (χ0n) is 12.4. The van der Waals surface area contributed by atoms with E-state index in [1.807, 2.05) is 0 Å². The molecule has 0 aliphatic heterocycles. The number of para-hydroxylation sites is 1. The SMILES string of the molecule is C[C@H](C(=O)Nc1cccc(F)c1)n1cnc2ccccc2c1=O. The van der Waals surface area contributed by atoms with Gasteiger partial charge in [-0.1, -0.05) is 18.2 Å². The second-order valence-corrected chi connectivity index (χ2v) is 5.15. The van der Waals surface area contributed by atoms with Crippen LogP contribution in [0.25, 0.3) is 10.9 Å². The van der Waals surface area contributed by atoms with Gasteiger partial charge in [-0.25, -0.2) is 9.37 Å². The summed E-state index contributed by atoms with van der Waals surface area (Å²) in [7, 11) is 0. The van der Waals surface area contributed by atoms with Crippen molar-refractivity contribution in [1.82, 2.24) is 9.55 Å². The smallest absolute Gasteiger partial charge is 0.261 e. The number of amides is 1. The Kier molecular flexibility index (Phi) is 3.89. The van der Waals surface area contributed by atoms with Crippen LogP contribution in [0.15, 0.2) is 59.7 Å². The molecular formula is C17H14FN3O2. The summed E-state index contributed by atoms with van der Waals surface area (Å²) in [5.41, 5.74) is 0.618. The molecule has 3 rings (SSSR count). The fourth-order valence-corrected chi connectivity index (χ4v) is 2.30. The fourth-order valence-electron chi connectivity index (χ4n) is 2.30. The topological polar surface area (TPSA) is 64.0 Å². The summed E-state index contributed by atoms with van der Waals surface area (Å²) in [5, 5.41) is 3.03. The fraction of sp³-hybridized carbons (Fsp3) is 0.118. The van der Waals surface area contributed by atoms with E-state index < -0.39 is 17.8 Å². The molecule has 0 bridgehead atoms. The van der Waals surface area contributed by atoms with Crippen LogP contribution in [0.5, 0.6) is 0 Å². The Morgan fingerprint density at radius 3 is 2.78 bits per heavy atom. The molecule has 0 radical (unpaired) electrons. The van der Waals surface area contributed by atoms with Gasteiger partial charge in [0.2, 0.25) is 5.91 Å². The van der Waals surface area contributed by atoms with Crippen molar-refractivity contribution in [3.63, 3.8) is 0 Å². The molecule has 0 aliphatic carbocycles. The lowest BCUT2D eigenvalue weighted by Gasteiger charge is -2.15. The zero-order valence-corrected chi connectivity index (χ0v) is 12.4. The molecule has 1 amide bonds. The van der Waals surface area contributed by atoms with Gasteiger partial charge in [-0.3, -0.25) is 14.2 Å². The molecule has 1 N–H and O–H groups in total. The monoisotopic (exact) mass is 311 g/mol. The van der Waals surface area contributed by atoms with E-state index in [2.05, 4.69) is 10.3 Å². The summed E-state index contributed by atoms with van der Waals surface area (Å²) in [6, 6.07) is 11.7. The van der Waals surface area contributed by atoms with Gasteiger partial charge in [-0.2, -0.15) is 0 Å². The highest BCUT2D eigenvalue weighted by Crippen LogP contribution is 2.13. The average Bonchev–Trinajstić information content (AvgIpc) is 2.55. The van der Waals surface area contributed by atoms with Crippen molar-refractivity contribution < 1.29 is 9.18 Å². The van der Waals surface area contributed by atoms with Gasteiger partial charge >= 0.3 is 0 Å². The largest absolute Gasteiger partial charge is 0.324 e. The predicted molar refractivity (Wildman–Crippen MR) is 85.7 cm³/mol. The maximum absolute atomic E-state index is 13.2. The van der Waals surface area contributed by atoms with Crippen LogP contribution in [-0.4, -0.2) is 15.5 Å². The highest BCUT2D eigenvalue weighted by molar-refractivity contribution is 5.93. The first-order valence-corrected chi connectivity index (χ1v) is 7.08. The van der Waals surface area contributed by atoms with Crippen LogP contribution in [0.3, 0.4) is 0 Å². The van der Waals surface area contributed by atoms with Crippen molar-refractivity contribution in [1.29, 1.82) is 0 Å². The van der Waals surface area contributed by atoms with Gasteiger partial charge in [0.05, 0.1) is 17.2 Å². The van der Waals surface area contributed by atoms with Crippen LogP contribution in [0.2, 0.25) is 0 Å². The summed E-state index contributed by atoms with van der Waals surface area (Å²) in [6.07, 6.45) is 1.35. The summed E-state index contributed by atoms with van der Waals surface area (Å²) in [4.78, 5) is 28.9. The lowest BCUT2D eigenvalue weighted by molar-refractivity contribution is -0.118. The van der Waals surface area contributed by atoms with E-state index in [4.69, 9.17) is 0 Å². The van der Waals surface area contributed by atoms with Crippen molar-refractivity contribution in [2.75, 3.05) is 5.32 Å². The van der Waals surface area contributed by atoms with E-state index in [0.29, 0.717) is 16.6 Å². The number of nitrogens with one attached hydrogen (secondary N) is 1. The molecule has 1 aromatic heterocycles. The third-order valence-electron chi connectivity index (χ3n) is 3.58. The third-order valence-corrected chi connectivity index (χ3v) is 3.58. The summed E-state index contributed by atoms with van der Waals surface area (Å²) in [6.45, 7) is 1.59. The van der Waals surface area contributed by atoms with Gasteiger partial charge in [0.25, 0.3) is 5.56 Å². The van der Waals surface area contributed by atoms with Crippen LogP contribution < -0.4 is 10.9 Å². The van der Waals surface area contributed by atoms with Crippen molar-refractivity contribution >= 4 is 22.5 Å². The third kappa shape index (κ3) is 2.96. The van der Waals surface area contributed by atoms with Gasteiger partial charge in [-0.15, -0.1) is 0 Å². The van der Waals surface area contributed by atoms with Crippen molar-refractivity contribution in [2.24, 2.45) is 0 Å². The highest BCUT2D eigenvalue weighted by Gasteiger charge is 2.17. The summed E-state index contributed by atoms with van der Waals surface area (Å²) < 4.78 is 14.4. The standard InChI is InChI=1S/C17H14FN3O2/c1-11(16(22)20-13-6-4-5-12(18)9-13)21-10-19-15-8-3-2-7-14(15)17(21)23/h2-11H,1H3,(H,20,22)/t11-/m1/s1. The molecule has 0 fully saturated rings. The van der Waals surface area contributed by atoms with Crippen LogP contribution in [0.4, 0.5) is 10.1 Å². The number of carbonyl (C=O) groups excluding carboxylic acids is 1. The first-order valence-electron chi connectivity index (χ1n) is 7.08. The normalized spacial score (nSPS) is 12.1. The van der Waals surface area contributed by atoms with E-state index in [9.17, 15) is 14.0 Å². The number of anilines is 1. The van der Waals surface area contributed by atoms with E-state index >= 15 is 0 Å².